The van der Waals surface area contributed by atoms with Gasteiger partial charge in [-0.2, -0.15) is 0 Å². The van der Waals surface area contributed by atoms with Gasteiger partial charge >= 0.3 is 5.97 Å². The molecule has 2 rings (SSSR count). The predicted molar refractivity (Wildman–Crippen MR) is 68.8 cm³/mol. The summed E-state index contributed by atoms with van der Waals surface area (Å²) >= 11 is 0. The van der Waals surface area contributed by atoms with Crippen LogP contribution >= 0.6 is 0 Å². The van der Waals surface area contributed by atoms with Crippen molar-refractivity contribution in [2.45, 2.75) is 12.2 Å². The number of carbonyl (C=O) groups is 1. The molecule has 1 aromatic heterocycles. The summed E-state index contributed by atoms with van der Waals surface area (Å²) in [4.78, 5) is 10.7. The minimum atomic E-state index is -4.01. The number of nitrogens with one attached hydrogen (secondary N) is 1. The summed E-state index contributed by atoms with van der Waals surface area (Å²) in [6, 6.07) is 6.26. The normalized spacial score (nSPS) is 12.8. The lowest BCUT2D eigenvalue weighted by Crippen LogP contribution is -2.32. The number of carboxylic acids is 1. The largest absolute Gasteiger partial charge is 0.480 e. The molecular weight excluding hydrogens is 286 g/mol. The fourth-order valence-electron chi connectivity index (χ4n) is 1.38. The molecule has 0 amide bonds. The number of tetrazole rings is 1. The van der Waals surface area contributed by atoms with Crippen molar-refractivity contribution in [1.82, 2.24) is 20.2 Å². The van der Waals surface area contributed by atoms with Gasteiger partial charge in [0.1, 0.15) is 6.33 Å². The molecule has 2 aromatic rings. The maximum Gasteiger partial charge on any atom is 0.323 e. The minimum absolute atomic E-state index is 0.228. The predicted octanol–water partition coefficient (Wildman–Crippen LogP) is -0.123. The van der Waals surface area contributed by atoms with Crippen LogP contribution in [0.5, 0.6) is 0 Å². The highest BCUT2D eigenvalue weighted by molar-refractivity contribution is 7.94. The summed E-state index contributed by atoms with van der Waals surface area (Å²) in [5.41, 5.74) is 0.768. The van der Waals surface area contributed by atoms with E-state index in [0.717, 1.165) is 6.92 Å². The molecule has 0 radical (unpaired) electrons. The fourth-order valence-corrected chi connectivity index (χ4v) is 2.27. The molecule has 1 heterocycles. The highest BCUT2D eigenvalue weighted by atomic mass is 32.2. The van der Waals surface area contributed by atoms with Crippen molar-refractivity contribution in [3.05, 3.63) is 30.6 Å². The van der Waals surface area contributed by atoms with E-state index < -0.39 is 21.2 Å². The van der Waals surface area contributed by atoms with E-state index >= 15 is 0 Å². The van der Waals surface area contributed by atoms with Crippen molar-refractivity contribution >= 4 is 21.7 Å². The van der Waals surface area contributed by atoms with Crippen molar-refractivity contribution in [2.24, 2.45) is 0 Å². The van der Waals surface area contributed by atoms with Crippen molar-refractivity contribution in [3.63, 3.8) is 0 Å². The molecule has 0 aliphatic heterocycles. The van der Waals surface area contributed by atoms with Crippen molar-refractivity contribution in [1.29, 1.82) is 0 Å². The van der Waals surface area contributed by atoms with Crippen LogP contribution in [-0.4, -0.2) is 45.0 Å². The van der Waals surface area contributed by atoms with Crippen LogP contribution in [0.15, 0.2) is 30.6 Å². The second-order valence-corrected chi connectivity index (χ2v) is 5.93. The molecule has 0 saturated carbocycles. The molecule has 9 nitrogen and oxygen atoms in total. The van der Waals surface area contributed by atoms with Gasteiger partial charge in [0.25, 0.3) is 0 Å². The van der Waals surface area contributed by atoms with E-state index in [9.17, 15) is 13.2 Å². The Labute approximate surface area is 114 Å². The van der Waals surface area contributed by atoms with Crippen molar-refractivity contribution < 1.29 is 18.3 Å². The van der Waals surface area contributed by atoms with Gasteiger partial charge in [-0.3, -0.25) is 9.52 Å². The molecule has 0 bridgehead atoms. The molecule has 1 aromatic carbocycles. The summed E-state index contributed by atoms with van der Waals surface area (Å²) < 4.78 is 27.2. The summed E-state index contributed by atoms with van der Waals surface area (Å²) in [7, 11) is -4.01. The second-order valence-electron chi connectivity index (χ2n) is 3.93. The standard InChI is InChI=1S/C10H11N5O4S/c1-7(10(16)17)20(18,19)12-8-3-2-4-9(5-8)15-6-11-13-14-15/h2-7,12H,1H3,(H,16,17). The molecule has 20 heavy (non-hydrogen) atoms. The molecule has 0 aliphatic carbocycles. The summed E-state index contributed by atoms with van der Waals surface area (Å²) in [5, 5.41) is 17.8. The van der Waals surface area contributed by atoms with Crippen LogP contribution in [0.4, 0.5) is 5.69 Å². The number of aliphatic carboxylic acids is 1. The third-order valence-electron chi connectivity index (χ3n) is 2.53. The quantitative estimate of drug-likeness (QED) is 0.787. The molecule has 2 N–H and O–H groups in total. The first-order valence-corrected chi connectivity index (χ1v) is 7.02. The number of sulfonamides is 1. The average molecular weight is 297 g/mol. The Morgan fingerprint density at radius 2 is 2.20 bits per heavy atom. The zero-order valence-electron chi connectivity index (χ0n) is 10.3. The van der Waals surface area contributed by atoms with Crippen LogP contribution in [0, 0.1) is 0 Å². The van der Waals surface area contributed by atoms with Crippen LogP contribution in [0.2, 0.25) is 0 Å². The van der Waals surface area contributed by atoms with Gasteiger partial charge in [0.05, 0.1) is 11.4 Å². The highest BCUT2D eigenvalue weighted by Gasteiger charge is 2.27. The molecule has 1 unspecified atom stereocenters. The Hall–Kier alpha value is -2.49. The number of aromatic nitrogens is 4. The first-order chi connectivity index (χ1) is 9.40. The third kappa shape index (κ3) is 2.91. The lowest BCUT2D eigenvalue weighted by Gasteiger charge is -2.11. The molecule has 106 valence electrons. The first kappa shape index (κ1) is 13.9. The molecular formula is C10H11N5O4S. The van der Waals surface area contributed by atoms with E-state index in [-0.39, 0.29) is 5.69 Å². The number of hydrogen-bond donors (Lipinski definition) is 2. The Balaban J connectivity index is 2.27. The van der Waals surface area contributed by atoms with Gasteiger partial charge in [0, 0.05) is 0 Å². The molecule has 0 aliphatic rings. The van der Waals surface area contributed by atoms with E-state index in [1.807, 2.05) is 0 Å². The van der Waals surface area contributed by atoms with E-state index in [1.165, 1.54) is 23.1 Å². The lowest BCUT2D eigenvalue weighted by atomic mass is 10.3. The molecule has 0 spiro atoms. The lowest BCUT2D eigenvalue weighted by molar-refractivity contribution is -0.136. The van der Waals surface area contributed by atoms with Crippen LogP contribution in [-0.2, 0) is 14.8 Å². The van der Waals surface area contributed by atoms with Crippen LogP contribution in [0.3, 0.4) is 0 Å². The Morgan fingerprint density at radius 1 is 1.45 bits per heavy atom. The van der Waals surface area contributed by atoms with Crippen LogP contribution in [0.1, 0.15) is 6.92 Å². The van der Waals surface area contributed by atoms with Gasteiger partial charge in [-0.15, -0.1) is 5.10 Å². The van der Waals surface area contributed by atoms with E-state index in [1.54, 1.807) is 12.1 Å². The minimum Gasteiger partial charge on any atom is -0.480 e. The number of hydrogen-bond acceptors (Lipinski definition) is 6. The maximum atomic E-state index is 11.8. The van der Waals surface area contributed by atoms with Gasteiger partial charge in [0.2, 0.25) is 10.0 Å². The van der Waals surface area contributed by atoms with Gasteiger partial charge < -0.3 is 5.11 Å². The maximum absolute atomic E-state index is 11.8. The number of anilines is 1. The topological polar surface area (TPSA) is 127 Å². The van der Waals surface area contributed by atoms with E-state index in [2.05, 4.69) is 20.2 Å². The SMILES string of the molecule is CC(C(=O)O)S(=O)(=O)Nc1cccc(-n2cnnn2)c1. The number of benzene rings is 1. The zero-order valence-corrected chi connectivity index (χ0v) is 11.1. The Kier molecular flexibility index (Phi) is 3.66. The number of nitrogens with zero attached hydrogens (tertiary/aromatic N) is 4. The summed E-state index contributed by atoms with van der Waals surface area (Å²) in [5.74, 6) is -1.42. The van der Waals surface area contributed by atoms with Gasteiger partial charge in [-0.05, 0) is 35.5 Å². The van der Waals surface area contributed by atoms with Gasteiger partial charge in [0.15, 0.2) is 5.25 Å². The summed E-state index contributed by atoms with van der Waals surface area (Å²) in [6.45, 7) is 1.09. The van der Waals surface area contributed by atoms with Gasteiger partial charge in [-0.1, -0.05) is 6.07 Å². The smallest absolute Gasteiger partial charge is 0.323 e. The van der Waals surface area contributed by atoms with E-state index in [4.69, 9.17) is 5.11 Å². The van der Waals surface area contributed by atoms with Crippen molar-refractivity contribution in [2.75, 3.05) is 4.72 Å². The first-order valence-electron chi connectivity index (χ1n) is 5.48. The molecule has 10 heteroatoms. The number of carboxylic acid groups (broad SMARTS) is 1. The second kappa shape index (κ2) is 5.25. The third-order valence-corrected chi connectivity index (χ3v) is 4.19. The van der Waals surface area contributed by atoms with Crippen LogP contribution in [0.25, 0.3) is 5.69 Å². The fraction of sp³-hybridized carbons (Fsp3) is 0.200. The number of rotatable bonds is 5. The van der Waals surface area contributed by atoms with Crippen molar-refractivity contribution in [3.8, 4) is 5.69 Å². The van der Waals surface area contributed by atoms with E-state index in [0.29, 0.717) is 5.69 Å². The highest BCUT2D eigenvalue weighted by Crippen LogP contribution is 2.16. The molecule has 0 fully saturated rings. The Morgan fingerprint density at radius 3 is 2.80 bits per heavy atom. The molecule has 1 atom stereocenters. The van der Waals surface area contributed by atoms with Gasteiger partial charge in [-0.25, -0.2) is 13.1 Å². The zero-order chi connectivity index (χ0) is 14.8. The molecule has 0 saturated heterocycles. The van der Waals surface area contributed by atoms with Crippen LogP contribution < -0.4 is 4.72 Å². The monoisotopic (exact) mass is 297 g/mol. The summed E-state index contributed by atoms with van der Waals surface area (Å²) in [6.07, 6.45) is 1.35. The average Bonchev–Trinajstić information content (AvgIpc) is 2.91. The Bertz CT molecular complexity index is 713.